The second kappa shape index (κ2) is 7.36. The molecule has 0 bridgehead atoms. The van der Waals surface area contributed by atoms with E-state index in [-0.39, 0.29) is 5.75 Å². The third-order valence-electron chi connectivity index (χ3n) is 2.37. The molecule has 0 saturated heterocycles. The molecule has 0 aliphatic heterocycles. The third kappa shape index (κ3) is 6.64. The van der Waals surface area contributed by atoms with E-state index < -0.39 is 18.7 Å². The van der Waals surface area contributed by atoms with Crippen LogP contribution in [0.1, 0.15) is 5.56 Å². The van der Waals surface area contributed by atoms with Crippen molar-refractivity contribution in [3.8, 4) is 17.2 Å². The maximum atomic E-state index is 11.0. The highest BCUT2D eigenvalue weighted by Crippen LogP contribution is 2.21. The van der Waals surface area contributed by atoms with Crippen molar-refractivity contribution < 1.29 is 8.95 Å². The van der Waals surface area contributed by atoms with Crippen LogP contribution in [0.15, 0.2) is 18.2 Å². The molecule has 1 aromatic carbocycles. The molecule has 0 aromatic heterocycles. The highest BCUT2D eigenvalue weighted by Gasteiger charge is 2.07. The van der Waals surface area contributed by atoms with E-state index in [1.54, 1.807) is 13.2 Å². The van der Waals surface area contributed by atoms with Crippen LogP contribution in [0.2, 0.25) is 19.6 Å². The Morgan fingerprint density at radius 2 is 2.05 bits per heavy atom. The first-order valence-electron chi connectivity index (χ1n) is 6.38. The predicted octanol–water partition coefficient (Wildman–Crippen LogP) is 2.73. The molecule has 0 aliphatic carbocycles. The minimum absolute atomic E-state index is 0.238. The van der Waals surface area contributed by atoms with Crippen LogP contribution in [-0.2, 0) is 16.3 Å². The van der Waals surface area contributed by atoms with Gasteiger partial charge in [0, 0.05) is 22.3 Å². The molecule has 0 aliphatic rings. The zero-order valence-electron chi connectivity index (χ0n) is 12.4. The van der Waals surface area contributed by atoms with Crippen molar-refractivity contribution in [1.29, 1.82) is 4.78 Å². The SMILES string of the molecule is COc1cc(C[SH](=N)=O)cc(NCC#C[Si](C)(C)C)c1. The smallest absolute Gasteiger partial charge is 0.129 e. The molecule has 6 heteroatoms. The summed E-state index contributed by atoms with van der Waals surface area (Å²) in [4.78, 5) is 0. The first-order chi connectivity index (χ1) is 9.30. The lowest BCUT2D eigenvalue weighted by Gasteiger charge is -2.09. The number of hydrogen-bond acceptors (Lipinski definition) is 4. The Kier molecular flexibility index (Phi) is 6.11. The van der Waals surface area contributed by atoms with Crippen LogP contribution >= 0.6 is 0 Å². The number of rotatable bonds is 5. The zero-order valence-corrected chi connectivity index (χ0v) is 14.3. The van der Waals surface area contributed by atoms with Crippen LogP contribution < -0.4 is 10.1 Å². The molecule has 20 heavy (non-hydrogen) atoms. The summed E-state index contributed by atoms with van der Waals surface area (Å²) in [6.45, 7) is 7.18. The molecule has 0 saturated carbocycles. The number of anilines is 1. The van der Waals surface area contributed by atoms with Crippen molar-refractivity contribution >= 4 is 24.4 Å². The summed E-state index contributed by atoms with van der Waals surface area (Å²) in [6.07, 6.45) is 0. The fourth-order valence-corrected chi connectivity index (χ4v) is 2.73. The van der Waals surface area contributed by atoms with Gasteiger partial charge >= 0.3 is 0 Å². The minimum atomic E-state index is -1.94. The van der Waals surface area contributed by atoms with Crippen LogP contribution in [0.4, 0.5) is 5.69 Å². The van der Waals surface area contributed by atoms with Crippen molar-refractivity contribution in [2.45, 2.75) is 25.4 Å². The summed E-state index contributed by atoms with van der Waals surface area (Å²) in [7, 11) is -1.69. The first kappa shape index (κ1) is 16.6. The van der Waals surface area contributed by atoms with Crippen molar-refractivity contribution in [1.82, 2.24) is 0 Å². The molecule has 0 amide bonds. The molecule has 4 nitrogen and oxygen atoms in total. The van der Waals surface area contributed by atoms with Gasteiger partial charge < -0.3 is 10.1 Å². The number of ether oxygens (including phenoxy) is 1. The van der Waals surface area contributed by atoms with Gasteiger partial charge in [0.2, 0.25) is 0 Å². The molecule has 2 N–H and O–H groups in total. The normalized spacial score (nSPS) is 12.2. The molecule has 110 valence electrons. The van der Waals surface area contributed by atoms with E-state index in [1.807, 2.05) is 12.1 Å². The van der Waals surface area contributed by atoms with Crippen LogP contribution in [0.25, 0.3) is 0 Å². The summed E-state index contributed by atoms with van der Waals surface area (Å²) in [6, 6.07) is 5.57. The largest absolute Gasteiger partial charge is 0.497 e. The van der Waals surface area contributed by atoms with Crippen molar-refractivity contribution in [3.05, 3.63) is 23.8 Å². The van der Waals surface area contributed by atoms with E-state index in [2.05, 4.69) is 36.4 Å². The monoisotopic (exact) mass is 310 g/mol. The summed E-state index contributed by atoms with van der Waals surface area (Å²) >= 11 is 0. The van der Waals surface area contributed by atoms with Crippen LogP contribution in [0.3, 0.4) is 0 Å². The van der Waals surface area contributed by atoms with Gasteiger partial charge in [0.05, 0.1) is 19.4 Å². The van der Waals surface area contributed by atoms with E-state index >= 15 is 0 Å². The highest BCUT2D eigenvalue weighted by atomic mass is 32.2. The maximum Gasteiger partial charge on any atom is 0.129 e. The maximum absolute atomic E-state index is 11.0. The predicted molar refractivity (Wildman–Crippen MR) is 88.6 cm³/mol. The molecule has 0 heterocycles. The van der Waals surface area contributed by atoms with Crippen molar-refractivity contribution in [2.75, 3.05) is 19.0 Å². The number of thiol groups is 1. The third-order valence-corrected chi connectivity index (χ3v) is 3.95. The molecule has 0 spiro atoms. The highest BCUT2D eigenvalue weighted by molar-refractivity contribution is 7.72. The Bertz CT molecular complexity index is 587. The van der Waals surface area contributed by atoms with E-state index in [0.29, 0.717) is 12.3 Å². The number of hydrogen-bond donors (Lipinski definition) is 3. The van der Waals surface area contributed by atoms with Gasteiger partial charge in [0.25, 0.3) is 0 Å². The summed E-state index contributed by atoms with van der Waals surface area (Å²) in [5.74, 6) is 4.07. The molecule has 1 rings (SSSR count). The van der Waals surface area contributed by atoms with Gasteiger partial charge in [0.15, 0.2) is 0 Å². The van der Waals surface area contributed by atoms with Crippen molar-refractivity contribution in [2.24, 2.45) is 0 Å². The van der Waals surface area contributed by atoms with Gasteiger partial charge in [-0.1, -0.05) is 25.6 Å². The summed E-state index contributed by atoms with van der Waals surface area (Å²) < 4.78 is 23.4. The zero-order chi connectivity index (χ0) is 15.2. The van der Waals surface area contributed by atoms with E-state index in [9.17, 15) is 4.21 Å². The Hall–Kier alpha value is -1.45. The molecule has 0 radical (unpaired) electrons. The van der Waals surface area contributed by atoms with Crippen LogP contribution in [-0.4, -0.2) is 25.9 Å². The molecular weight excluding hydrogens is 288 g/mol. The van der Waals surface area contributed by atoms with Gasteiger partial charge in [-0.05, 0) is 17.7 Å². The summed E-state index contributed by atoms with van der Waals surface area (Å²) in [5, 5.41) is 3.22. The van der Waals surface area contributed by atoms with E-state index in [4.69, 9.17) is 9.52 Å². The second-order valence-electron chi connectivity index (χ2n) is 5.51. The first-order valence-corrected chi connectivity index (χ1v) is 11.3. The Morgan fingerprint density at radius 1 is 1.35 bits per heavy atom. The Labute approximate surface area is 123 Å². The van der Waals surface area contributed by atoms with Gasteiger partial charge in [-0.3, -0.25) is 8.99 Å². The molecule has 1 aromatic rings. The molecule has 1 atom stereocenters. The second-order valence-corrected chi connectivity index (χ2v) is 11.3. The Balaban J connectivity index is 2.80. The molecule has 1 unspecified atom stereocenters. The van der Waals surface area contributed by atoms with Gasteiger partial charge in [-0.15, -0.1) is 5.54 Å². The fraction of sp³-hybridized carbons (Fsp3) is 0.429. The topological polar surface area (TPSA) is 62.2 Å². The number of benzene rings is 1. The van der Waals surface area contributed by atoms with Crippen LogP contribution in [0.5, 0.6) is 5.75 Å². The minimum Gasteiger partial charge on any atom is -0.497 e. The molecule has 0 fully saturated rings. The lowest BCUT2D eigenvalue weighted by Crippen LogP contribution is -2.17. The van der Waals surface area contributed by atoms with Gasteiger partial charge in [0.1, 0.15) is 13.8 Å². The number of nitrogens with one attached hydrogen (secondary N) is 2. The standard InChI is InChI=1S/C14H22N2O2SSi/c1-18-14-9-12(11-19(15)17)8-13(10-14)16-6-5-7-20(2,3)4/h8-10,15-16,19H,6,11H2,1-4H3. The van der Waals surface area contributed by atoms with Gasteiger partial charge in [-0.2, -0.15) is 0 Å². The molecular formula is C14H22N2O2SSi. The lowest BCUT2D eigenvalue weighted by atomic mass is 10.2. The quantitative estimate of drug-likeness (QED) is 0.445. The van der Waals surface area contributed by atoms with E-state index in [0.717, 1.165) is 11.3 Å². The van der Waals surface area contributed by atoms with Gasteiger partial charge in [-0.25, -0.2) is 0 Å². The average Bonchev–Trinajstić information content (AvgIpc) is 2.32. The van der Waals surface area contributed by atoms with Crippen LogP contribution in [0, 0.1) is 16.2 Å². The average molecular weight is 310 g/mol. The fourth-order valence-electron chi connectivity index (χ4n) is 1.59. The summed E-state index contributed by atoms with van der Waals surface area (Å²) in [5.41, 5.74) is 5.00. The number of methoxy groups -OCH3 is 1. The van der Waals surface area contributed by atoms with Crippen molar-refractivity contribution in [3.63, 3.8) is 0 Å². The lowest BCUT2D eigenvalue weighted by molar-refractivity contribution is 0.414. The Morgan fingerprint density at radius 3 is 2.60 bits per heavy atom. The van der Waals surface area contributed by atoms with E-state index in [1.165, 1.54) is 0 Å².